The number of nitrogens with zero attached hydrogens (tertiary/aromatic N) is 2. The fraction of sp³-hybridized carbons (Fsp3) is 0.286. The molecule has 1 heterocycles. The second-order valence-electron chi connectivity index (χ2n) is 2.55. The Morgan fingerprint density at radius 2 is 2.21 bits per heavy atom. The van der Waals surface area contributed by atoms with Crippen LogP contribution in [0.15, 0.2) is 6.07 Å². The van der Waals surface area contributed by atoms with Crippen molar-refractivity contribution in [1.82, 2.24) is 4.98 Å². The fourth-order valence-corrected chi connectivity index (χ4v) is 1.29. The van der Waals surface area contributed by atoms with E-state index in [4.69, 9.17) is 11.6 Å². The van der Waals surface area contributed by atoms with Gasteiger partial charge in [0.1, 0.15) is 5.15 Å². The molecule has 0 aliphatic heterocycles. The van der Waals surface area contributed by atoms with Crippen molar-refractivity contribution in [2.75, 3.05) is 0 Å². The molecule has 0 amide bonds. The van der Waals surface area contributed by atoms with E-state index in [1.807, 2.05) is 0 Å². The lowest BCUT2D eigenvalue weighted by Crippen LogP contribution is -2.01. The van der Waals surface area contributed by atoms with Crippen LogP contribution in [-0.4, -0.2) is 9.91 Å². The van der Waals surface area contributed by atoms with E-state index in [1.165, 1.54) is 13.0 Å². The lowest BCUT2D eigenvalue weighted by Gasteiger charge is -2.03. The van der Waals surface area contributed by atoms with Gasteiger partial charge in [0.05, 0.1) is 4.92 Å². The summed E-state index contributed by atoms with van der Waals surface area (Å²) in [4.78, 5) is 12.8. The standard InChI is InChI=1S/C7H5ClF2N2O2/c1-3-2-4(8)11-5(7(9)10)6(3)12(13)14/h2,7H,1H3. The number of alkyl halides is 2. The molecule has 14 heavy (non-hydrogen) atoms. The summed E-state index contributed by atoms with van der Waals surface area (Å²) in [6.45, 7) is 1.33. The number of aromatic nitrogens is 1. The first-order valence-corrected chi connectivity index (χ1v) is 3.91. The van der Waals surface area contributed by atoms with Crippen LogP contribution in [0.1, 0.15) is 17.7 Å². The van der Waals surface area contributed by atoms with E-state index < -0.39 is 22.7 Å². The first-order valence-electron chi connectivity index (χ1n) is 3.53. The van der Waals surface area contributed by atoms with Gasteiger partial charge in [-0.2, -0.15) is 0 Å². The summed E-state index contributed by atoms with van der Waals surface area (Å²) in [6, 6.07) is 1.17. The topological polar surface area (TPSA) is 56.0 Å². The summed E-state index contributed by atoms with van der Waals surface area (Å²) in [5.74, 6) is 0. The first kappa shape index (κ1) is 10.8. The van der Waals surface area contributed by atoms with Gasteiger partial charge in [-0.25, -0.2) is 13.8 Å². The van der Waals surface area contributed by atoms with E-state index in [9.17, 15) is 18.9 Å². The molecule has 0 N–H and O–H groups in total. The largest absolute Gasteiger partial charge is 0.299 e. The van der Waals surface area contributed by atoms with Crippen LogP contribution < -0.4 is 0 Å². The third kappa shape index (κ3) is 1.95. The molecule has 0 saturated carbocycles. The van der Waals surface area contributed by atoms with Gasteiger partial charge in [0.15, 0.2) is 5.69 Å². The summed E-state index contributed by atoms with van der Waals surface area (Å²) in [5, 5.41) is 10.3. The Morgan fingerprint density at radius 1 is 1.64 bits per heavy atom. The van der Waals surface area contributed by atoms with Gasteiger partial charge in [0.2, 0.25) is 0 Å². The maximum Gasteiger partial charge on any atom is 0.299 e. The SMILES string of the molecule is Cc1cc(Cl)nc(C(F)F)c1[N+](=O)[O-]. The molecule has 0 aliphatic rings. The number of pyridine rings is 1. The highest BCUT2D eigenvalue weighted by atomic mass is 35.5. The van der Waals surface area contributed by atoms with E-state index in [0.29, 0.717) is 0 Å². The van der Waals surface area contributed by atoms with E-state index in [2.05, 4.69) is 4.98 Å². The molecule has 1 aromatic heterocycles. The van der Waals surface area contributed by atoms with Crippen molar-refractivity contribution in [2.45, 2.75) is 13.3 Å². The number of aryl methyl sites for hydroxylation is 1. The van der Waals surface area contributed by atoms with Crippen LogP contribution in [0.3, 0.4) is 0 Å². The quantitative estimate of drug-likeness (QED) is 0.439. The second kappa shape index (κ2) is 3.83. The van der Waals surface area contributed by atoms with Crippen LogP contribution in [0.5, 0.6) is 0 Å². The maximum absolute atomic E-state index is 12.3. The molecule has 4 nitrogen and oxygen atoms in total. The average Bonchev–Trinajstić information content (AvgIpc) is 2.01. The van der Waals surface area contributed by atoms with Crippen molar-refractivity contribution >= 4 is 17.3 Å². The van der Waals surface area contributed by atoms with Crippen molar-refractivity contribution in [2.24, 2.45) is 0 Å². The molecule has 0 radical (unpaired) electrons. The Labute approximate surface area is 82.7 Å². The summed E-state index contributed by atoms with van der Waals surface area (Å²) in [6.07, 6.45) is -3.01. The maximum atomic E-state index is 12.3. The zero-order chi connectivity index (χ0) is 10.9. The number of nitro groups is 1. The van der Waals surface area contributed by atoms with Gasteiger partial charge >= 0.3 is 0 Å². The fourth-order valence-electron chi connectivity index (χ4n) is 1.04. The highest BCUT2D eigenvalue weighted by Crippen LogP contribution is 2.31. The molecule has 0 fully saturated rings. The van der Waals surface area contributed by atoms with Crippen LogP contribution in [-0.2, 0) is 0 Å². The number of halogens is 3. The Balaban J connectivity index is 3.44. The molecule has 1 rings (SSSR count). The molecule has 76 valence electrons. The highest BCUT2D eigenvalue weighted by molar-refractivity contribution is 6.29. The number of hydrogen-bond acceptors (Lipinski definition) is 3. The molecule has 7 heteroatoms. The van der Waals surface area contributed by atoms with Crippen LogP contribution in [0.25, 0.3) is 0 Å². The molecule has 1 aromatic rings. The van der Waals surface area contributed by atoms with Crippen molar-refractivity contribution in [3.63, 3.8) is 0 Å². The molecule has 0 aliphatic carbocycles. The van der Waals surface area contributed by atoms with E-state index in [1.54, 1.807) is 0 Å². The Morgan fingerprint density at radius 3 is 2.64 bits per heavy atom. The van der Waals surface area contributed by atoms with E-state index >= 15 is 0 Å². The van der Waals surface area contributed by atoms with Gasteiger partial charge in [-0.05, 0) is 13.0 Å². The molecule has 0 unspecified atom stereocenters. The summed E-state index contributed by atoms with van der Waals surface area (Å²) >= 11 is 5.40. The van der Waals surface area contributed by atoms with Crippen LogP contribution in [0.2, 0.25) is 5.15 Å². The van der Waals surface area contributed by atoms with Gasteiger partial charge in [-0.15, -0.1) is 0 Å². The van der Waals surface area contributed by atoms with Crippen LogP contribution in [0, 0.1) is 17.0 Å². The Kier molecular flexibility index (Phi) is 2.95. The minimum absolute atomic E-state index is 0.0744. The smallest absolute Gasteiger partial charge is 0.258 e. The number of hydrogen-bond donors (Lipinski definition) is 0. The summed E-state index contributed by atoms with van der Waals surface area (Å²) < 4.78 is 24.6. The van der Waals surface area contributed by atoms with Crippen molar-refractivity contribution in [3.05, 3.63) is 32.6 Å². The van der Waals surface area contributed by atoms with Crippen molar-refractivity contribution in [3.8, 4) is 0 Å². The molecule has 0 bridgehead atoms. The van der Waals surface area contributed by atoms with Crippen molar-refractivity contribution in [1.29, 1.82) is 0 Å². The first-order chi connectivity index (χ1) is 6.43. The summed E-state index contributed by atoms with van der Waals surface area (Å²) in [7, 11) is 0. The van der Waals surface area contributed by atoms with Crippen molar-refractivity contribution < 1.29 is 13.7 Å². The van der Waals surface area contributed by atoms with E-state index in [-0.39, 0.29) is 10.7 Å². The predicted octanol–water partition coefficient (Wildman–Crippen LogP) is 2.89. The van der Waals surface area contributed by atoms with Crippen LogP contribution >= 0.6 is 11.6 Å². The number of rotatable bonds is 2. The van der Waals surface area contributed by atoms with Gasteiger partial charge in [-0.3, -0.25) is 10.1 Å². The average molecular weight is 223 g/mol. The third-order valence-electron chi connectivity index (χ3n) is 1.57. The van der Waals surface area contributed by atoms with Gasteiger partial charge in [-0.1, -0.05) is 11.6 Å². The predicted molar refractivity (Wildman–Crippen MR) is 45.6 cm³/mol. The second-order valence-corrected chi connectivity index (χ2v) is 2.94. The minimum atomic E-state index is -3.01. The lowest BCUT2D eigenvalue weighted by atomic mass is 10.2. The zero-order valence-electron chi connectivity index (χ0n) is 7.00. The van der Waals surface area contributed by atoms with Gasteiger partial charge in [0.25, 0.3) is 12.1 Å². The molecule has 0 aromatic carbocycles. The van der Waals surface area contributed by atoms with Gasteiger partial charge < -0.3 is 0 Å². The third-order valence-corrected chi connectivity index (χ3v) is 1.76. The minimum Gasteiger partial charge on any atom is -0.258 e. The Hall–Kier alpha value is -1.30. The van der Waals surface area contributed by atoms with E-state index in [0.717, 1.165) is 0 Å². The highest BCUT2D eigenvalue weighted by Gasteiger charge is 2.26. The lowest BCUT2D eigenvalue weighted by molar-refractivity contribution is -0.387. The monoisotopic (exact) mass is 222 g/mol. The summed E-state index contributed by atoms with van der Waals surface area (Å²) in [5.41, 5.74) is -1.49. The van der Waals surface area contributed by atoms with Crippen LogP contribution in [0.4, 0.5) is 14.5 Å². The molecule has 0 saturated heterocycles. The normalized spacial score (nSPS) is 10.6. The zero-order valence-corrected chi connectivity index (χ0v) is 7.76. The molecular weight excluding hydrogens is 218 g/mol. The Bertz CT molecular complexity index is 384. The molecule has 0 spiro atoms. The molecule has 0 atom stereocenters. The van der Waals surface area contributed by atoms with Gasteiger partial charge in [0, 0.05) is 5.56 Å². The molecular formula is C7H5ClF2N2O2.